The molecule has 0 spiro atoms. The van der Waals surface area contributed by atoms with Crippen LogP contribution in [0.1, 0.15) is 77.0 Å². The van der Waals surface area contributed by atoms with Gasteiger partial charge in [0.1, 0.15) is 12.3 Å². The molecule has 2 fully saturated rings. The van der Waals surface area contributed by atoms with Gasteiger partial charge in [0.05, 0.1) is 18.2 Å². The van der Waals surface area contributed by atoms with Crippen molar-refractivity contribution in [1.29, 1.82) is 0 Å². The van der Waals surface area contributed by atoms with Crippen LogP contribution in [0.25, 0.3) is 0 Å². The Morgan fingerprint density at radius 1 is 1.22 bits per heavy atom. The standard InChI is InChI=1S/C30H38ClN3O2/c1-5-28(2)16-13-25-22(17-28)9-12-26-29(25,3)14-6-15-30(26,4)27(35)36-20-24-19-34(33-32-24)18-21-7-10-23(31)11-8-21/h5,7-8,10-11,13,19,22,26H,1,6,9,12,14-18,20H2,2-4H3/t22-,26-,28-,29-,30+/m0/s1. The Hall–Kier alpha value is -2.40. The van der Waals surface area contributed by atoms with E-state index >= 15 is 0 Å². The number of benzene rings is 1. The molecule has 1 aromatic carbocycles. The monoisotopic (exact) mass is 507 g/mol. The van der Waals surface area contributed by atoms with Gasteiger partial charge in [-0.05, 0) is 85.8 Å². The molecule has 1 heterocycles. The van der Waals surface area contributed by atoms with Crippen molar-refractivity contribution in [2.45, 2.75) is 78.9 Å². The Morgan fingerprint density at radius 3 is 2.75 bits per heavy atom. The zero-order valence-electron chi connectivity index (χ0n) is 21.8. The SMILES string of the molecule is C=C[C@@]1(C)CC=C2[C@@H](CC[C@@H]3[C@](C)(C(=O)OCc4cn(Cc5ccc(Cl)cc5)nn4)CCC[C@@]23C)C1. The first-order valence-electron chi connectivity index (χ1n) is 13.3. The molecule has 5 nitrogen and oxygen atoms in total. The molecular weight excluding hydrogens is 470 g/mol. The average molecular weight is 508 g/mol. The first kappa shape index (κ1) is 25.3. The van der Waals surface area contributed by atoms with Crippen LogP contribution in [0, 0.1) is 28.1 Å². The van der Waals surface area contributed by atoms with Gasteiger partial charge in [0.2, 0.25) is 0 Å². The molecule has 0 radical (unpaired) electrons. The molecule has 36 heavy (non-hydrogen) atoms. The van der Waals surface area contributed by atoms with E-state index in [-0.39, 0.29) is 23.4 Å². The van der Waals surface area contributed by atoms with Crippen LogP contribution < -0.4 is 0 Å². The topological polar surface area (TPSA) is 57.0 Å². The lowest BCUT2D eigenvalue weighted by Gasteiger charge is -2.58. The van der Waals surface area contributed by atoms with Crippen molar-refractivity contribution in [3.8, 4) is 0 Å². The fourth-order valence-electron chi connectivity index (χ4n) is 7.42. The van der Waals surface area contributed by atoms with E-state index in [1.807, 2.05) is 30.5 Å². The minimum Gasteiger partial charge on any atom is -0.459 e. The smallest absolute Gasteiger partial charge is 0.312 e. The quantitative estimate of drug-likeness (QED) is 0.307. The minimum absolute atomic E-state index is 0.0686. The first-order valence-corrected chi connectivity index (χ1v) is 13.7. The highest BCUT2D eigenvalue weighted by molar-refractivity contribution is 6.30. The van der Waals surface area contributed by atoms with Gasteiger partial charge in [-0.15, -0.1) is 11.7 Å². The fraction of sp³-hybridized carbons (Fsp3) is 0.567. The van der Waals surface area contributed by atoms with E-state index in [1.165, 1.54) is 6.42 Å². The predicted octanol–water partition coefficient (Wildman–Crippen LogP) is 7.16. The number of nitrogens with zero attached hydrogens (tertiary/aromatic N) is 3. The van der Waals surface area contributed by atoms with Crippen LogP contribution in [0.2, 0.25) is 5.02 Å². The Bertz CT molecular complexity index is 1170. The van der Waals surface area contributed by atoms with Gasteiger partial charge in [-0.2, -0.15) is 0 Å². The summed E-state index contributed by atoms with van der Waals surface area (Å²) in [5, 5.41) is 9.15. The van der Waals surface area contributed by atoms with Gasteiger partial charge in [0, 0.05) is 5.02 Å². The second-order valence-corrected chi connectivity index (χ2v) is 12.5. The van der Waals surface area contributed by atoms with Crippen LogP contribution in [0.4, 0.5) is 0 Å². The highest BCUT2D eigenvalue weighted by Gasteiger charge is 2.58. The fourth-order valence-corrected chi connectivity index (χ4v) is 7.55. The van der Waals surface area contributed by atoms with Crippen LogP contribution in [0.3, 0.4) is 0 Å². The van der Waals surface area contributed by atoms with Gasteiger partial charge in [0.15, 0.2) is 0 Å². The molecule has 0 unspecified atom stereocenters. The summed E-state index contributed by atoms with van der Waals surface area (Å²) in [4.78, 5) is 13.6. The van der Waals surface area contributed by atoms with Crippen molar-refractivity contribution < 1.29 is 9.53 Å². The molecule has 2 aromatic rings. The Kier molecular flexibility index (Phi) is 6.65. The third kappa shape index (κ3) is 4.55. The summed E-state index contributed by atoms with van der Waals surface area (Å²) in [6.07, 6.45) is 14.1. The number of carbonyl (C=O) groups excluding carboxylic acids is 1. The third-order valence-corrected chi connectivity index (χ3v) is 9.74. The molecule has 192 valence electrons. The van der Waals surface area contributed by atoms with Gasteiger partial charge in [-0.1, -0.05) is 66.9 Å². The maximum Gasteiger partial charge on any atom is 0.312 e. The van der Waals surface area contributed by atoms with Crippen molar-refractivity contribution in [3.05, 3.63) is 71.0 Å². The normalized spacial score (nSPS) is 33.7. The molecule has 3 aliphatic rings. The molecule has 1 aromatic heterocycles. The second-order valence-electron chi connectivity index (χ2n) is 12.1. The summed E-state index contributed by atoms with van der Waals surface area (Å²) in [5.74, 6) is 0.830. The molecule has 2 saturated carbocycles. The summed E-state index contributed by atoms with van der Waals surface area (Å²) < 4.78 is 7.69. The third-order valence-electron chi connectivity index (χ3n) is 9.49. The number of rotatable bonds is 6. The highest BCUT2D eigenvalue weighted by atomic mass is 35.5. The number of halogens is 1. The number of allylic oxidation sites excluding steroid dienone is 3. The van der Waals surface area contributed by atoms with Crippen LogP contribution in [0.5, 0.6) is 0 Å². The zero-order chi connectivity index (χ0) is 25.6. The number of hydrogen-bond donors (Lipinski definition) is 0. The van der Waals surface area contributed by atoms with E-state index in [9.17, 15) is 4.79 Å². The van der Waals surface area contributed by atoms with E-state index < -0.39 is 5.41 Å². The number of hydrogen-bond acceptors (Lipinski definition) is 4. The number of ether oxygens (including phenoxy) is 1. The summed E-state index contributed by atoms with van der Waals surface area (Å²) >= 11 is 5.98. The van der Waals surface area contributed by atoms with Crippen molar-refractivity contribution in [3.63, 3.8) is 0 Å². The number of carbonyl (C=O) groups is 1. The number of aromatic nitrogens is 3. The van der Waals surface area contributed by atoms with Crippen molar-refractivity contribution in [1.82, 2.24) is 15.0 Å². The molecule has 0 aliphatic heterocycles. The van der Waals surface area contributed by atoms with Gasteiger partial charge in [-0.3, -0.25) is 4.79 Å². The molecule has 5 rings (SSSR count). The van der Waals surface area contributed by atoms with E-state index in [2.05, 4.69) is 49.8 Å². The van der Waals surface area contributed by atoms with Crippen molar-refractivity contribution >= 4 is 17.6 Å². The van der Waals surface area contributed by atoms with E-state index in [1.54, 1.807) is 10.3 Å². The maximum absolute atomic E-state index is 13.6. The molecule has 3 aliphatic carbocycles. The van der Waals surface area contributed by atoms with Crippen LogP contribution in [0.15, 0.2) is 54.8 Å². The molecule has 0 saturated heterocycles. The highest BCUT2D eigenvalue weighted by Crippen LogP contribution is 2.64. The lowest BCUT2D eigenvalue weighted by molar-refractivity contribution is -0.169. The molecule has 6 heteroatoms. The van der Waals surface area contributed by atoms with Crippen LogP contribution in [-0.4, -0.2) is 21.0 Å². The summed E-state index contributed by atoms with van der Waals surface area (Å²) in [6.45, 7) is 11.7. The summed E-state index contributed by atoms with van der Waals surface area (Å²) in [6, 6.07) is 7.67. The van der Waals surface area contributed by atoms with Crippen LogP contribution >= 0.6 is 11.6 Å². The lowest BCUT2D eigenvalue weighted by Crippen LogP contribution is -2.53. The van der Waals surface area contributed by atoms with Gasteiger partial charge in [-0.25, -0.2) is 4.68 Å². The second kappa shape index (κ2) is 9.48. The van der Waals surface area contributed by atoms with E-state index in [0.717, 1.165) is 44.1 Å². The molecule has 0 amide bonds. The van der Waals surface area contributed by atoms with Crippen LogP contribution in [-0.2, 0) is 22.7 Å². The van der Waals surface area contributed by atoms with Gasteiger partial charge in [0.25, 0.3) is 0 Å². The number of esters is 1. The largest absolute Gasteiger partial charge is 0.459 e. The summed E-state index contributed by atoms with van der Waals surface area (Å²) in [7, 11) is 0. The maximum atomic E-state index is 13.6. The molecule has 0 N–H and O–H groups in total. The average Bonchev–Trinajstić information content (AvgIpc) is 3.30. The number of fused-ring (bicyclic) bond motifs is 3. The zero-order valence-corrected chi connectivity index (χ0v) is 22.6. The predicted molar refractivity (Wildman–Crippen MR) is 142 cm³/mol. The van der Waals surface area contributed by atoms with E-state index in [4.69, 9.17) is 16.3 Å². The molecular formula is C30H38ClN3O2. The molecule has 0 bridgehead atoms. The Labute approximate surface area is 219 Å². The van der Waals surface area contributed by atoms with E-state index in [0.29, 0.717) is 29.1 Å². The van der Waals surface area contributed by atoms with Crippen molar-refractivity contribution in [2.24, 2.45) is 28.1 Å². The first-order chi connectivity index (χ1) is 17.1. The lowest BCUT2D eigenvalue weighted by atomic mass is 9.46. The van der Waals surface area contributed by atoms with Gasteiger partial charge >= 0.3 is 5.97 Å². The minimum atomic E-state index is -0.475. The Morgan fingerprint density at radius 2 is 2.00 bits per heavy atom. The summed E-state index contributed by atoms with van der Waals surface area (Å²) in [5.41, 5.74) is 3.14. The van der Waals surface area contributed by atoms with Gasteiger partial charge < -0.3 is 4.74 Å². The molecule has 5 atom stereocenters. The van der Waals surface area contributed by atoms with Crippen molar-refractivity contribution in [2.75, 3.05) is 0 Å². The Balaban J connectivity index is 1.27.